The van der Waals surface area contributed by atoms with E-state index < -0.39 is 0 Å². The van der Waals surface area contributed by atoms with Gasteiger partial charge < -0.3 is 5.32 Å². The largest absolute Gasteiger partial charge is 0.353 e. The zero-order valence-corrected chi connectivity index (χ0v) is 12.0. The fourth-order valence-corrected chi connectivity index (χ4v) is 2.85. The normalized spacial score (nSPS) is 15.8. The summed E-state index contributed by atoms with van der Waals surface area (Å²) in [6.45, 7) is 0. The summed E-state index contributed by atoms with van der Waals surface area (Å²) < 4.78 is 1.72. The topological polar surface area (TPSA) is 59.8 Å². The number of nitrogens with zero attached hydrogens (tertiary/aromatic N) is 3. The van der Waals surface area contributed by atoms with Gasteiger partial charge in [-0.2, -0.15) is 0 Å². The molecule has 1 heterocycles. The molecule has 5 nitrogen and oxygen atoms in total. The van der Waals surface area contributed by atoms with Gasteiger partial charge in [-0.05, 0) is 25.0 Å². The molecule has 0 aliphatic heterocycles. The van der Waals surface area contributed by atoms with Crippen molar-refractivity contribution in [2.24, 2.45) is 0 Å². The van der Waals surface area contributed by atoms with E-state index in [0.717, 1.165) is 24.2 Å². The first-order valence-electron chi connectivity index (χ1n) is 7.57. The summed E-state index contributed by atoms with van der Waals surface area (Å²) in [5, 5.41) is 11.1. The second-order valence-electron chi connectivity index (χ2n) is 5.55. The van der Waals surface area contributed by atoms with Gasteiger partial charge in [0.05, 0.1) is 24.0 Å². The molecule has 1 aromatic heterocycles. The lowest BCUT2D eigenvalue weighted by Crippen LogP contribution is -2.37. The van der Waals surface area contributed by atoms with E-state index in [4.69, 9.17) is 0 Å². The highest BCUT2D eigenvalue weighted by Gasteiger charge is 2.17. The molecule has 0 unspecified atom stereocenters. The number of benzene rings is 1. The lowest BCUT2D eigenvalue weighted by Gasteiger charge is -2.22. The molecule has 110 valence electrons. The third kappa shape index (κ3) is 3.48. The van der Waals surface area contributed by atoms with Gasteiger partial charge in [0.1, 0.15) is 0 Å². The van der Waals surface area contributed by atoms with E-state index >= 15 is 0 Å². The Morgan fingerprint density at radius 3 is 2.71 bits per heavy atom. The number of carbonyl (C=O) groups is 1. The van der Waals surface area contributed by atoms with E-state index in [-0.39, 0.29) is 5.91 Å². The van der Waals surface area contributed by atoms with Crippen molar-refractivity contribution in [2.75, 3.05) is 0 Å². The van der Waals surface area contributed by atoms with Gasteiger partial charge in [-0.3, -0.25) is 4.79 Å². The SMILES string of the molecule is O=C(Cc1cnnn1-c1ccccc1)NC1CCCCC1. The third-order valence-corrected chi connectivity index (χ3v) is 3.93. The first kappa shape index (κ1) is 13.8. The van der Waals surface area contributed by atoms with Crippen molar-refractivity contribution in [3.63, 3.8) is 0 Å². The Hall–Kier alpha value is -2.17. The number of rotatable bonds is 4. The predicted octanol–water partition coefficient (Wildman–Crippen LogP) is 2.26. The van der Waals surface area contributed by atoms with Crippen molar-refractivity contribution < 1.29 is 4.79 Å². The van der Waals surface area contributed by atoms with Crippen LogP contribution in [0.25, 0.3) is 5.69 Å². The summed E-state index contributed by atoms with van der Waals surface area (Å²) in [6, 6.07) is 10.1. The van der Waals surface area contributed by atoms with Crippen LogP contribution < -0.4 is 5.32 Å². The number of nitrogens with one attached hydrogen (secondary N) is 1. The molecule has 1 N–H and O–H groups in total. The molecule has 5 heteroatoms. The molecule has 0 bridgehead atoms. The van der Waals surface area contributed by atoms with Gasteiger partial charge in [0.25, 0.3) is 0 Å². The average molecular weight is 284 g/mol. The molecule has 2 aromatic rings. The first-order chi connectivity index (χ1) is 10.3. The molecule has 1 amide bonds. The molecule has 1 saturated carbocycles. The van der Waals surface area contributed by atoms with Gasteiger partial charge in [-0.1, -0.05) is 42.7 Å². The minimum atomic E-state index is 0.0568. The number of aromatic nitrogens is 3. The van der Waals surface area contributed by atoms with Crippen LogP contribution in [0.5, 0.6) is 0 Å². The van der Waals surface area contributed by atoms with Crippen molar-refractivity contribution >= 4 is 5.91 Å². The van der Waals surface area contributed by atoms with Crippen LogP contribution in [0, 0.1) is 0 Å². The Kier molecular flexibility index (Phi) is 4.28. The van der Waals surface area contributed by atoms with Crippen molar-refractivity contribution in [3.8, 4) is 5.69 Å². The minimum Gasteiger partial charge on any atom is -0.353 e. The van der Waals surface area contributed by atoms with Gasteiger partial charge in [0.2, 0.25) is 5.91 Å². The van der Waals surface area contributed by atoms with Crippen LogP contribution in [0.15, 0.2) is 36.5 Å². The second kappa shape index (κ2) is 6.52. The van der Waals surface area contributed by atoms with E-state index in [0.29, 0.717) is 12.5 Å². The van der Waals surface area contributed by atoms with Crippen LogP contribution in [0.3, 0.4) is 0 Å². The summed E-state index contributed by atoms with van der Waals surface area (Å²) in [5.41, 5.74) is 1.74. The summed E-state index contributed by atoms with van der Waals surface area (Å²) in [4.78, 5) is 12.2. The lowest BCUT2D eigenvalue weighted by molar-refractivity contribution is -0.121. The van der Waals surface area contributed by atoms with E-state index in [1.165, 1.54) is 19.3 Å². The van der Waals surface area contributed by atoms with Crippen LogP contribution in [0.1, 0.15) is 37.8 Å². The van der Waals surface area contributed by atoms with E-state index in [1.54, 1.807) is 10.9 Å². The van der Waals surface area contributed by atoms with Crippen LogP contribution in [0.2, 0.25) is 0 Å². The predicted molar refractivity (Wildman–Crippen MR) is 80.1 cm³/mol. The first-order valence-corrected chi connectivity index (χ1v) is 7.57. The Morgan fingerprint density at radius 1 is 1.19 bits per heavy atom. The van der Waals surface area contributed by atoms with Crippen molar-refractivity contribution in [2.45, 2.75) is 44.6 Å². The molecular weight excluding hydrogens is 264 g/mol. The molecule has 1 aliphatic carbocycles. The smallest absolute Gasteiger partial charge is 0.226 e. The quantitative estimate of drug-likeness (QED) is 0.937. The van der Waals surface area contributed by atoms with Crippen LogP contribution in [-0.4, -0.2) is 26.9 Å². The Labute approximate surface area is 124 Å². The molecule has 3 rings (SSSR count). The number of hydrogen-bond donors (Lipinski definition) is 1. The lowest BCUT2D eigenvalue weighted by atomic mass is 9.95. The number of carbonyl (C=O) groups excluding carboxylic acids is 1. The Morgan fingerprint density at radius 2 is 1.95 bits per heavy atom. The minimum absolute atomic E-state index is 0.0568. The summed E-state index contributed by atoms with van der Waals surface area (Å²) in [5.74, 6) is 0.0568. The van der Waals surface area contributed by atoms with Crippen LogP contribution >= 0.6 is 0 Å². The Balaban J connectivity index is 1.65. The number of para-hydroxylation sites is 1. The molecule has 0 radical (unpaired) electrons. The van der Waals surface area contributed by atoms with Crippen molar-refractivity contribution in [3.05, 3.63) is 42.2 Å². The van der Waals surface area contributed by atoms with Crippen molar-refractivity contribution in [1.29, 1.82) is 0 Å². The molecular formula is C16H20N4O. The van der Waals surface area contributed by atoms with E-state index in [2.05, 4.69) is 15.6 Å². The summed E-state index contributed by atoms with van der Waals surface area (Å²) in [7, 11) is 0. The highest BCUT2D eigenvalue weighted by Crippen LogP contribution is 2.17. The highest BCUT2D eigenvalue weighted by atomic mass is 16.1. The zero-order valence-electron chi connectivity index (χ0n) is 12.0. The monoisotopic (exact) mass is 284 g/mol. The highest BCUT2D eigenvalue weighted by molar-refractivity contribution is 5.78. The van der Waals surface area contributed by atoms with Gasteiger partial charge in [0.15, 0.2) is 0 Å². The molecule has 1 aromatic carbocycles. The van der Waals surface area contributed by atoms with Crippen LogP contribution in [0.4, 0.5) is 0 Å². The third-order valence-electron chi connectivity index (χ3n) is 3.93. The number of amides is 1. The molecule has 1 fully saturated rings. The summed E-state index contributed by atoms with van der Waals surface area (Å²) >= 11 is 0. The standard InChI is InChI=1S/C16H20N4O/c21-16(18-13-7-3-1-4-8-13)11-15-12-17-19-20(15)14-9-5-2-6-10-14/h2,5-6,9-10,12-13H,1,3-4,7-8,11H2,(H,18,21). The maximum absolute atomic E-state index is 12.2. The molecule has 1 aliphatic rings. The summed E-state index contributed by atoms with van der Waals surface area (Å²) in [6.07, 6.45) is 7.90. The van der Waals surface area contributed by atoms with Gasteiger partial charge >= 0.3 is 0 Å². The molecule has 21 heavy (non-hydrogen) atoms. The van der Waals surface area contributed by atoms with Gasteiger partial charge in [-0.25, -0.2) is 4.68 Å². The molecule has 0 spiro atoms. The molecule has 0 atom stereocenters. The maximum Gasteiger partial charge on any atom is 0.226 e. The van der Waals surface area contributed by atoms with E-state index in [9.17, 15) is 4.79 Å². The van der Waals surface area contributed by atoms with Gasteiger partial charge in [-0.15, -0.1) is 5.10 Å². The van der Waals surface area contributed by atoms with E-state index in [1.807, 2.05) is 30.3 Å². The fourth-order valence-electron chi connectivity index (χ4n) is 2.85. The van der Waals surface area contributed by atoms with Crippen molar-refractivity contribution in [1.82, 2.24) is 20.3 Å². The second-order valence-corrected chi connectivity index (χ2v) is 5.55. The average Bonchev–Trinajstić information content (AvgIpc) is 2.97. The zero-order chi connectivity index (χ0) is 14.5. The van der Waals surface area contributed by atoms with Crippen LogP contribution in [-0.2, 0) is 11.2 Å². The van der Waals surface area contributed by atoms with Gasteiger partial charge in [0, 0.05) is 6.04 Å². The fraction of sp³-hybridized carbons (Fsp3) is 0.438. The maximum atomic E-state index is 12.2. The Bertz CT molecular complexity index is 587. The number of hydrogen-bond acceptors (Lipinski definition) is 3. The molecule has 0 saturated heterocycles.